The van der Waals surface area contributed by atoms with E-state index >= 15 is 0 Å². The lowest BCUT2D eigenvalue weighted by Crippen LogP contribution is -2.44. The summed E-state index contributed by atoms with van der Waals surface area (Å²) in [5.74, 6) is -0.0654. The van der Waals surface area contributed by atoms with Gasteiger partial charge in [-0.3, -0.25) is 9.59 Å². The van der Waals surface area contributed by atoms with Gasteiger partial charge in [0.1, 0.15) is 11.6 Å². The lowest BCUT2D eigenvalue weighted by molar-refractivity contribution is -0.125. The van der Waals surface area contributed by atoms with E-state index in [1.165, 1.54) is 18.2 Å². The van der Waals surface area contributed by atoms with Crippen LogP contribution in [0.1, 0.15) is 24.1 Å². The molecule has 0 spiro atoms. The molecule has 1 amide bonds. The third-order valence-corrected chi connectivity index (χ3v) is 5.44. The van der Waals surface area contributed by atoms with Crippen LogP contribution in [0, 0.1) is 12.7 Å². The molecule has 2 heterocycles. The van der Waals surface area contributed by atoms with E-state index < -0.39 is 5.41 Å². The van der Waals surface area contributed by atoms with Crippen molar-refractivity contribution in [1.82, 2.24) is 9.97 Å². The Kier molecular flexibility index (Phi) is 5.46. The van der Waals surface area contributed by atoms with E-state index in [1.807, 2.05) is 6.07 Å². The smallest absolute Gasteiger partial charge is 0.251 e. The van der Waals surface area contributed by atoms with E-state index in [2.05, 4.69) is 15.3 Å². The van der Waals surface area contributed by atoms with Crippen molar-refractivity contribution < 1.29 is 13.9 Å². The zero-order chi connectivity index (χ0) is 21.1. The molecule has 1 aliphatic rings. The molecule has 7 heteroatoms. The summed E-state index contributed by atoms with van der Waals surface area (Å²) in [7, 11) is 0. The van der Waals surface area contributed by atoms with Gasteiger partial charge in [-0.25, -0.2) is 9.37 Å². The van der Waals surface area contributed by atoms with Crippen molar-refractivity contribution in [3.63, 3.8) is 0 Å². The number of ether oxygens (including phenoxy) is 1. The number of hydrogen-bond donors (Lipinski definition) is 2. The van der Waals surface area contributed by atoms with Crippen molar-refractivity contribution in [2.24, 2.45) is 0 Å². The Labute approximate surface area is 173 Å². The number of H-pyrrole nitrogens is 1. The quantitative estimate of drug-likeness (QED) is 0.693. The van der Waals surface area contributed by atoms with E-state index in [1.54, 1.807) is 37.3 Å². The SMILES string of the molecule is Cc1cc(=O)[nH]c(-c2cccc(NC(=O)C3(c4ccc(F)cc4)CCOCC3)c2)n1. The second-order valence-corrected chi connectivity index (χ2v) is 7.47. The summed E-state index contributed by atoms with van der Waals surface area (Å²) in [6, 6.07) is 14.7. The van der Waals surface area contributed by atoms with Crippen LogP contribution in [0.5, 0.6) is 0 Å². The molecule has 6 nitrogen and oxygen atoms in total. The van der Waals surface area contributed by atoms with Crippen LogP contribution in [0.2, 0.25) is 0 Å². The van der Waals surface area contributed by atoms with Crippen LogP contribution in [0.4, 0.5) is 10.1 Å². The second kappa shape index (κ2) is 8.20. The first-order chi connectivity index (χ1) is 14.5. The second-order valence-electron chi connectivity index (χ2n) is 7.47. The average Bonchev–Trinajstić information content (AvgIpc) is 2.74. The molecular weight excluding hydrogens is 385 g/mol. The molecule has 0 unspecified atom stereocenters. The fourth-order valence-corrected chi connectivity index (χ4v) is 3.85. The molecule has 0 saturated carbocycles. The molecule has 0 radical (unpaired) electrons. The number of aryl methyl sites for hydroxylation is 1. The van der Waals surface area contributed by atoms with Gasteiger partial charge in [0.25, 0.3) is 5.56 Å². The van der Waals surface area contributed by atoms with E-state index in [4.69, 9.17) is 4.74 Å². The summed E-state index contributed by atoms with van der Waals surface area (Å²) >= 11 is 0. The van der Waals surface area contributed by atoms with Crippen molar-refractivity contribution in [1.29, 1.82) is 0 Å². The number of aromatic nitrogens is 2. The average molecular weight is 407 g/mol. The maximum atomic E-state index is 13.4. The topological polar surface area (TPSA) is 84.1 Å². The van der Waals surface area contributed by atoms with Gasteiger partial charge < -0.3 is 15.0 Å². The van der Waals surface area contributed by atoms with Crippen LogP contribution >= 0.6 is 0 Å². The molecule has 30 heavy (non-hydrogen) atoms. The van der Waals surface area contributed by atoms with E-state index in [9.17, 15) is 14.0 Å². The highest BCUT2D eigenvalue weighted by atomic mass is 19.1. The fourth-order valence-electron chi connectivity index (χ4n) is 3.85. The number of hydrogen-bond acceptors (Lipinski definition) is 4. The van der Waals surface area contributed by atoms with Gasteiger partial charge >= 0.3 is 0 Å². The lowest BCUT2D eigenvalue weighted by Gasteiger charge is -2.36. The van der Waals surface area contributed by atoms with Crippen molar-refractivity contribution >= 4 is 11.6 Å². The molecule has 1 fully saturated rings. The molecule has 0 atom stereocenters. The van der Waals surface area contributed by atoms with E-state index in [-0.39, 0.29) is 17.3 Å². The Hall–Kier alpha value is -3.32. The normalized spacial score (nSPS) is 15.5. The number of aromatic amines is 1. The Morgan fingerprint density at radius 3 is 2.57 bits per heavy atom. The number of anilines is 1. The van der Waals surface area contributed by atoms with Crippen LogP contribution in [-0.2, 0) is 14.9 Å². The number of nitrogens with one attached hydrogen (secondary N) is 2. The number of amides is 1. The Bertz CT molecular complexity index is 1120. The third-order valence-electron chi connectivity index (χ3n) is 5.44. The Balaban J connectivity index is 1.64. The van der Waals surface area contributed by atoms with Gasteiger partial charge in [0, 0.05) is 36.2 Å². The Morgan fingerprint density at radius 2 is 1.87 bits per heavy atom. The zero-order valence-electron chi connectivity index (χ0n) is 16.6. The summed E-state index contributed by atoms with van der Waals surface area (Å²) in [4.78, 5) is 32.2. The predicted octanol–water partition coefficient (Wildman–Crippen LogP) is 3.57. The molecule has 1 aliphatic heterocycles. The van der Waals surface area contributed by atoms with Crippen molar-refractivity contribution in [2.75, 3.05) is 18.5 Å². The van der Waals surface area contributed by atoms with Gasteiger partial charge in [-0.05, 0) is 49.6 Å². The molecule has 154 valence electrons. The molecule has 1 saturated heterocycles. The maximum absolute atomic E-state index is 13.4. The van der Waals surface area contributed by atoms with Crippen LogP contribution < -0.4 is 10.9 Å². The number of halogens is 1. The van der Waals surface area contributed by atoms with Gasteiger partial charge in [0.05, 0.1) is 5.41 Å². The number of carbonyl (C=O) groups excluding carboxylic acids is 1. The highest BCUT2D eigenvalue weighted by Crippen LogP contribution is 2.36. The van der Waals surface area contributed by atoms with Crippen LogP contribution in [-0.4, -0.2) is 29.1 Å². The summed E-state index contributed by atoms with van der Waals surface area (Å²) < 4.78 is 18.9. The first-order valence-corrected chi connectivity index (χ1v) is 9.80. The highest BCUT2D eigenvalue weighted by molar-refractivity contribution is 5.99. The molecule has 1 aromatic heterocycles. The summed E-state index contributed by atoms with van der Waals surface area (Å²) in [6.45, 7) is 2.67. The first kappa shape index (κ1) is 20.0. The molecule has 3 aromatic rings. The monoisotopic (exact) mass is 407 g/mol. The van der Waals surface area contributed by atoms with Gasteiger partial charge in [-0.1, -0.05) is 24.3 Å². The van der Waals surface area contributed by atoms with E-state index in [0.717, 1.165) is 5.56 Å². The van der Waals surface area contributed by atoms with Crippen molar-refractivity contribution in [3.05, 3.63) is 82.0 Å². The van der Waals surface area contributed by atoms with Gasteiger partial charge in [0.2, 0.25) is 5.91 Å². The summed E-state index contributed by atoms with van der Waals surface area (Å²) in [6.07, 6.45) is 1.02. The molecule has 0 aliphatic carbocycles. The maximum Gasteiger partial charge on any atom is 0.251 e. The minimum atomic E-state index is -0.794. The molecule has 4 rings (SSSR count). The molecule has 0 bridgehead atoms. The van der Waals surface area contributed by atoms with Crippen LogP contribution in [0.3, 0.4) is 0 Å². The molecule has 2 N–H and O–H groups in total. The van der Waals surface area contributed by atoms with Crippen molar-refractivity contribution in [3.8, 4) is 11.4 Å². The van der Waals surface area contributed by atoms with Gasteiger partial charge in [0.15, 0.2) is 0 Å². The fraction of sp³-hybridized carbons (Fsp3) is 0.261. The third kappa shape index (κ3) is 4.02. The highest BCUT2D eigenvalue weighted by Gasteiger charge is 2.41. The zero-order valence-corrected chi connectivity index (χ0v) is 16.6. The number of rotatable bonds is 4. The molecular formula is C23H22FN3O3. The number of benzene rings is 2. The van der Waals surface area contributed by atoms with Gasteiger partial charge in [-0.15, -0.1) is 0 Å². The molecule has 2 aromatic carbocycles. The summed E-state index contributed by atoms with van der Waals surface area (Å²) in [5.41, 5.74) is 1.64. The van der Waals surface area contributed by atoms with Crippen LogP contribution in [0.25, 0.3) is 11.4 Å². The summed E-state index contributed by atoms with van der Waals surface area (Å²) in [5, 5.41) is 3.00. The minimum absolute atomic E-state index is 0.166. The number of nitrogens with zero attached hydrogens (tertiary/aromatic N) is 1. The largest absolute Gasteiger partial charge is 0.381 e. The van der Waals surface area contributed by atoms with Crippen LogP contribution in [0.15, 0.2) is 59.4 Å². The lowest BCUT2D eigenvalue weighted by atomic mass is 9.73. The van der Waals surface area contributed by atoms with E-state index in [0.29, 0.717) is 48.8 Å². The minimum Gasteiger partial charge on any atom is -0.381 e. The van der Waals surface area contributed by atoms with Gasteiger partial charge in [-0.2, -0.15) is 0 Å². The Morgan fingerprint density at radius 1 is 1.13 bits per heavy atom. The first-order valence-electron chi connectivity index (χ1n) is 9.80. The standard InChI is InChI=1S/C23H22FN3O3/c1-15-13-20(28)27-21(25-15)16-3-2-4-19(14-16)26-22(29)23(9-11-30-12-10-23)17-5-7-18(24)8-6-17/h2-8,13-14H,9-12H2,1H3,(H,26,29)(H,25,27,28). The van der Waals surface area contributed by atoms with Crippen molar-refractivity contribution in [2.45, 2.75) is 25.2 Å². The predicted molar refractivity (Wildman–Crippen MR) is 112 cm³/mol. The number of carbonyl (C=O) groups is 1.